The first-order valence-corrected chi connectivity index (χ1v) is 8.67. The van der Waals surface area contributed by atoms with Gasteiger partial charge >= 0.3 is 0 Å². The zero-order valence-corrected chi connectivity index (χ0v) is 14.0. The molecule has 22 heavy (non-hydrogen) atoms. The molecule has 0 radical (unpaired) electrons. The van der Waals surface area contributed by atoms with Crippen LogP contribution < -0.4 is 0 Å². The van der Waals surface area contributed by atoms with Crippen LogP contribution in [0.25, 0.3) is 12.2 Å². The summed E-state index contributed by atoms with van der Waals surface area (Å²) < 4.78 is 0. The van der Waals surface area contributed by atoms with Crippen molar-refractivity contribution >= 4 is 12.2 Å². The van der Waals surface area contributed by atoms with Gasteiger partial charge in [-0.25, -0.2) is 0 Å². The first kappa shape index (κ1) is 16.5. The molecule has 2 rings (SSSR count). The Morgan fingerprint density at radius 1 is 0.591 bits per heavy atom. The van der Waals surface area contributed by atoms with Crippen molar-refractivity contribution < 1.29 is 0 Å². The normalized spacial score (nSPS) is 11.2. The van der Waals surface area contributed by atoms with Crippen LogP contribution in [0.4, 0.5) is 0 Å². The van der Waals surface area contributed by atoms with Crippen molar-refractivity contribution in [1.29, 1.82) is 0 Å². The van der Waals surface area contributed by atoms with Gasteiger partial charge in [-0.3, -0.25) is 0 Å². The van der Waals surface area contributed by atoms with Crippen molar-refractivity contribution in [3.05, 3.63) is 70.8 Å². The second kappa shape index (κ2) is 9.25. The Labute approximate surface area is 135 Å². The molecule has 2 aromatic rings. The zero-order valence-electron chi connectivity index (χ0n) is 14.0. The zero-order chi connectivity index (χ0) is 15.6. The fourth-order valence-electron chi connectivity index (χ4n) is 2.55. The lowest BCUT2D eigenvalue weighted by molar-refractivity contribution is 0.795. The first-order valence-electron chi connectivity index (χ1n) is 8.67. The molecule has 0 saturated carbocycles. The minimum absolute atomic E-state index is 1.19. The van der Waals surface area contributed by atoms with E-state index in [1.165, 1.54) is 60.8 Å². The van der Waals surface area contributed by atoms with Crippen LogP contribution in [0.3, 0.4) is 0 Å². The molecule has 0 amide bonds. The predicted molar refractivity (Wildman–Crippen MR) is 99.0 cm³/mol. The van der Waals surface area contributed by atoms with Crippen molar-refractivity contribution in [3.63, 3.8) is 0 Å². The molecule has 0 fully saturated rings. The van der Waals surface area contributed by atoms with E-state index in [2.05, 4.69) is 74.5 Å². The Morgan fingerprint density at radius 3 is 1.27 bits per heavy atom. The Hall–Kier alpha value is -1.82. The third-order valence-electron chi connectivity index (χ3n) is 4.07. The minimum Gasteiger partial charge on any atom is -0.0654 e. The van der Waals surface area contributed by atoms with Gasteiger partial charge in [-0.15, -0.1) is 0 Å². The number of unbranched alkanes of at least 4 members (excludes halogenated alkanes) is 2. The predicted octanol–water partition coefficient (Wildman–Crippen LogP) is 6.54. The quantitative estimate of drug-likeness (QED) is 0.484. The van der Waals surface area contributed by atoms with E-state index in [1.807, 2.05) is 0 Å². The lowest BCUT2D eigenvalue weighted by atomic mass is 10.0. The van der Waals surface area contributed by atoms with Gasteiger partial charge in [0.15, 0.2) is 0 Å². The highest BCUT2D eigenvalue weighted by Gasteiger charge is 1.94. The van der Waals surface area contributed by atoms with E-state index < -0.39 is 0 Å². The molecule has 116 valence electrons. The van der Waals surface area contributed by atoms with E-state index in [4.69, 9.17) is 0 Å². The molecule has 0 aromatic heterocycles. The van der Waals surface area contributed by atoms with Crippen molar-refractivity contribution in [2.45, 2.75) is 52.4 Å². The maximum absolute atomic E-state index is 2.25. The van der Waals surface area contributed by atoms with Crippen LogP contribution in [-0.2, 0) is 12.8 Å². The average molecular weight is 292 g/mol. The van der Waals surface area contributed by atoms with Crippen LogP contribution in [0.15, 0.2) is 48.5 Å². The highest BCUT2D eigenvalue weighted by Crippen LogP contribution is 2.13. The van der Waals surface area contributed by atoms with E-state index in [0.29, 0.717) is 0 Å². The van der Waals surface area contributed by atoms with E-state index in [0.717, 1.165) is 0 Å². The maximum atomic E-state index is 2.25. The lowest BCUT2D eigenvalue weighted by Gasteiger charge is -2.02. The molecule has 0 heterocycles. The van der Waals surface area contributed by atoms with Crippen LogP contribution in [0.2, 0.25) is 0 Å². The summed E-state index contributed by atoms with van der Waals surface area (Å²) in [5.41, 5.74) is 5.43. The van der Waals surface area contributed by atoms with Gasteiger partial charge < -0.3 is 0 Å². The summed E-state index contributed by atoms with van der Waals surface area (Å²) in [4.78, 5) is 0. The largest absolute Gasteiger partial charge is 0.0654 e. The van der Waals surface area contributed by atoms with Crippen LogP contribution in [0.5, 0.6) is 0 Å². The van der Waals surface area contributed by atoms with Gasteiger partial charge in [-0.2, -0.15) is 0 Å². The molecular formula is C22H28. The molecule has 0 aliphatic rings. The molecule has 0 aliphatic carbocycles. The molecule has 0 nitrogen and oxygen atoms in total. The fourth-order valence-corrected chi connectivity index (χ4v) is 2.55. The van der Waals surface area contributed by atoms with Gasteiger partial charge in [0.1, 0.15) is 0 Å². The summed E-state index contributed by atoms with van der Waals surface area (Å²) in [6.07, 6.45) is 11.9. The molecular weight excluding hydrogens is 264 g/mol. The van der Waals surface area contributed by atoms with Crippen LogP contribution in [0, 0.1) is 0 Å². The number of rotatable bonds is 8. The first-order chi connectivity index (χ1) is 10.8. The monoisotopic (exact) mass is 292 g/mol. The SMILES string of the molecule is CCCCc1ccc(/C=C/c2ccc(CCCC)cc2)cc1. The van der Waals surface area contributed by atoms with Crippen LogP contribution in [-0.4, -0.2) is 0 Å². The van der Waals surface area contributed by atoms with E-state index in [-0.39, 0.29) is 0 Å². The molecule has 0 N–H and O–H groups in total. The smallest absolute Gasteiger partial charge is 0.0256 e. The molecule has 0 spiro atoms. The van der Waals surface area contributed by atoms with E-state index in [1.54, 1.807) is 0 Å². The van der Waals surface area contributed by atoms with Crippen LogP contribution >= 0.6 is 0 Å². The van der Waals surface area contributed by atoms with Gasteiger partial charge in [-0.05, 0) is 47.9 Å². The molecule has 2 aromatic carbocycles. The average Bonchev–Trinajstić information content (AvgIpc) is 2.58. The van der Waals surface area contributed by atoms with Gasteiger partial charge in [0.05, 0.1) is 0 Å². The Morgan fingerprint density at radius 2 is 0.955 bits per heavy atom. The maximum Gasteiger partial charge on any atom is -0.0256 e. The lowest BCUT2D eigenvalue weighted by Crippen LogP contribution is -1.85. The van der Waals surface area contributed by atoms with Crippen molar-refractivity contribution in [3.8, 4) is 0 Å². The molecule has 0 atom stereocenters. The molecule has 0 unspecified atom stereocenters. The van der Waals surface area contributed by atoms with Crippen LogP contribution in [0.1, 0.15) is 61.8 Å². The molecule has 0 heteroatoms. The van der Waals surface area contributed by atoms with Crippen molar-refractivity contribution in [1.82, 2.24) is 0 Å². The Balaban J connectivity index is 1.93. The van der Waals surface area contributed by atoms with E-state index in [9.17, 15) is 0 Å². The summed E-state index contributed by atoms with van der Waals surface area (Å²) in [6, 6.07) is 17.9. The summed E-state index contributed by atoms with van der Waals surface area (Å²) in [5.74, 6) is 0. The van der Waals surface area contributed by atoms with Gasteiger partial charge in [0.2, 0.25) is 0 Å². The van der Waals surface area contributed by atoms with E-state index >= 15 is 0 Å². The fraction of sp³-hybridized carbons (Fsp3) is 0.364. The van der Waals surface area contributed by atoms with Crippen molar-refractivity contribution in [2.24, 2.45) is 0 Å². The Kier molecular flexibility index (Phi) is 6.96. The Bertz CT molecular complexity index is 504. The topological polar surface area (TPSA) is 0 Å². The molecule has 0 bridgehead atoms. The summed E-state index contributed by atoms with van der Waals surface area (Å²) in [5, 5.41) is 0. The summed E-state index contributed by atoms with van der Waals surface area (Å²) in [7, 11) is 0. The molecule has 0 saturated heterocycles. The van der Waals surface area contributed by atoms with Gasteiger partial charge in [-0.1, -0.05) is 87.4 Å². The highest BCUT2D eigenvalue weighted by atomic mass is 14.0. The minimum atomic E-state index is 1.19. The number of benzene rings is 2. The van der Waals surface area contributed by atoms with Gasteiger partial charge in [0, 0.05) is 0 Å². The van der Waals surface area contributed by atoms with Crippen molar-refractivity contribution in [2.75, 3.05) is 0 Å². The molecule has 0 aliphatic heterocycles. The summed E-state index contributed by atoms with van der Waals surface area (Å²) in [6.45, 7) is 4.48. The third-order valence-corrected chi connectivity index (χ3v) is 4.07. The number of aryl methyl sites for hydroxylation is 2. The third kappa shape index (κ3) is 5.52. The highest BCUT2D eigenvalue weighted by molar-refractivity contribution is 5.69. The van der Waals surface area contributed by atoms with Gasteiger partial charge in [0.25, 0.3) is 0 Å². The second-order valence-corrected chi connectivity index (χ2v) is 6.02. The standard InChI is InChI=1S/C22H28/c1-3-5-7-19-9-13-21(14-10-19)17-18-22-15-11-20(12-16-22)8-6-4-2/h9-18H,3-8H2,1-2H3/b18-17+. The summed E-state index contributed by atoms with van der Waals surface area (Å²) >= 11 is 0. The second-order valence-electron chi connectivity index (χ2n) is 6.02. The number of hydrogen-bond donors (Lipinski definition) is 0. The number of hydrogen-bond acceptors (Lipinski definition) is 0.